The summed E-state index contributed by atoms with van der Waals surface area (Å²) in [5.41, 5.74) is 2.12. The lowest BCUT2D eigenvalue weighted by atomic mass is 10.1. The van der Waals surface area contributed by atoms with Crippen LogP contribution in [0.2, 0.25) is 0 Å². The number of carbonyl (C=O) groups is 1. The Morgan fingerprint density at radius 2 is 1.84 bits per heavy atom. The van der Waals surface area contributed by atoms with Gasteiger partial charge in [0, 0.05) is 18.2 Å². The van der Waals surface area contributed by atoms with E-state index in [1.54, 1.807) is 13.0 Å². The zero-order valence-electron chi connectivity index (χ0n) is 12.0. The van der Waals surface area contributed by atoms with Crippen molar-refractivity contribution in [2.24, 2.45) is 4.40 Å². The molecule has 0 aliphatic carbocycles. The van der Waals surface area contributed by atoms with Gasteiger partial charge in [-0.25, -0.2) is 0 Å². The Kier molecular flexibility index (Phi) is 5.14. The van der Waals surface area contributed by atoms with Gasteiger partial charge in [-0.3, -0.25) is 4.79 Å². The Morgan fingerprint density at radius 3 is 2.37 bits per heavy atom. The predicted octanol–water partition coefficient (Wildman–Crippen LogP) is 2.92. The molecular weight excluding hydrogens is 260 g/mol. The van der Waals surface area contributed by atoms with Gasteiger partial charge in [-0.1, -0.05) is 22.6 Å². The molecule has 1 N–H and O–H groups in total. The lowest BCUT2D eigenvalue weighted by Crippen LogP contribution is -2.26. The maximum absolute atomic E-state index is 12.0. The normalized spacial score (nSPS) is 14.1. The minimum atomic E-state index is -1.31. The fourth-order valence-electron chi connectivity index (χ4n) is 1.41. The van der Waals surface area contributed by atoms with E-state index in [-0.39, 0.29) is 5.91 Å². The molecule has 1 amide bonds. The molecule has 0 aromatic heterocycles. The van der Waals surface area contributed by atoms with Crippen LogP contribution in [0.1, 0.15) is 40.2 Å². The van der Waals surface area contributed by atoms with E-state index < -0.39 is 16.1 Å². The van der Waals surface area contributed by atoms with Crippen LogP contribution >= 0.6 is 0 Å². The standard InChI is InChI=1S/C14H20N2O2S/c1-10(16-19(18)14(3,4)5)12-8-6-7-9-13(12)15-11(2)17/h6-9H,1-5H3,(H,15,17). The number of carbonyl (C=O) groups excluding carboxylic acids is 1. The van der Waals surface area contributed by atoms with Gasteiger partial charge in [0.25, 0.3) is 0 Å². The summed E-state index contributed by atoms with van der Waals surface area (Å²) in [6, 6.07) is 7.35. The minimum Gasteiger partial charge on any atom is -0.591 e. The number of nitrogens with one attached hydrogen (secondary N) is 1. The number of anilines is 1. The zero-order valence-corrected chi connectivity index (χ0v) is 12.8. The molecule has 0 heterocycles. The van der Waals surface area contributed by atoms with Gasteiger partial charge in [-0.05, 0) is 33.8 Å². The zero-order chi connectivity index (χ0) is 14.6. The molecular formula is C14H20N2O2S. The van der Waals surface area contributed by atoms with Crippen LogP contribution in [0.5, 0.6) is 0 Å². The molecule has 0 fully saturated rings. The third kappa shape index (κ3) is 4.69. The SMILES string of the molecule is CC(=O)Nc1ccccc1C(C)=N[S+]([O-])C(C)(C)C. The van der Waals surface area contributed by atoms with Crippen LogP contribution in [0.15, 0.2) is 28.7 Å². The van der Waals surface area contributed by atoms with Crippen LogP contribution in [0.25, 0.3) is 0 Å². The summed E-state index contributed by atoms with van der Waals surface area (Å²) in [6.07, 6.45) is 0. The lowest BCUT2D eigenvalue weighted by molar-refractivity contribution is -0.114. The van der Waals surface area contributed by atoms with E-state index in [1.165, 1.54) is 6.92 Å². The van der Waals surface area contributed by atoms with Gasteiger partial charge in [0.15, 0.2) is 0 Å². The summed E-state index contributed by atoms with van der Waals surface area (Å²) < 4.78 is 15.8. The Labute approximate surface area is 117 Å². The predicted molar refractivity (Wildman–Crippen MR) is 80.9 cm³/mol. The molecule has 1 rings (SSSR count). The van der Waals surface area contributed by atoms with Crippen LogP contribution in [-0.2, 0) is 16.2 Å². The first kappa shape index (κ1) is 15.7. The van der Waals surface area contributed by atoms with Crippen molar-refractivity contribution >= 4 is 28.7 Å². The maximum atomic E-state index is 12.0. The van der Waals surface area contributed by atoms with Gasteiger partial charge in [0.2, 0.25) is 5.91 Å². The summed E-state index contributed by atoms with van der Waals surface area (Å²) >= 11 is -1.31. The topological polar surface area (TPSA) is 64.5 Å². The number of nitrogens with zero attached hydrogens (tertiary/aromatic N) is 1. The molecule has 104 valence electrons. The molecule has 0 bridgehead atoms. The number of rotatable bonds is 3. The van der Waals surface area contributed by atoms with Crippen LogP contribution < -0.4 is 5.32 Å². The van der Waals surface area contributed by atoms with Crippen molar-refractivity contribution in [2.75, 3.05) is 5.32 Å². The molecule has 1 atom stereocenters. The Morgan fingerprint density at radius 1 is 1.26 bits per heavy atom. The van der Waals surface area contributed by atoms with Gasteiger partial charge in [-0.15, -0.1) is 0 Å². The molecule has 0 aliphatic rings. The second-order valence-corrected chi connectivity index (χ2v) is 7.17. The molecule has 1 unspecified atom stereocenters. The van der Waals surface area contributed by atoms with Gasteiger partial charge >= 0.3 is 0 Å². The van der Waals surface area contributed by atoms with Crippen LogP contribution in [0, 0.1) is 0 Å². The van der Waals surface area contributed by atoms with E-state index >= 15 is 0 Å². The molecule has 0 saturated heterocycles. The molecule has 0 saturated carbocycles. The van der Waals surface area contributed by atoms with Crippen LogP contribution in [0.4, 0.5) is 5.69 Å². The van der Waals surface area contributed by atoms with Crippen molar-refractivity contribution in [3.63, 3.8) is 0 Å². The van der Waals surface area contributed by atoms with Gasteiger partial charge < -0.3 is 9.87 Å². The summed E-state index contributed by atoms with van der Waals surface area (Å²) in [5, 5.41) is 2.75. The van der Waals surface area contributed by atoms with E-state index in [4.69, 9.17) is 0 Å². The first-order chi connectivity index (χ1) is 8.71. The summed E-state index contributed by atoms with van der Waals surface area (Å²) in [5.74, 6) is -0.141. The largest absolute Gasteiger partial charge is 0.591 e. The molecule has 1 aromatic carbocycles. The third-order valence-corrected chi connectivity index (χ3v) is 3.86. The monoisotopic (exact) mass is 280 g/mol. The molecule has 0 radical (unpaired) electrons. The fourth-order valence-corrected chi connectivity index (χ4v) is 2.03. The Bertz CT molecular complexity index is 492. The van der Waals surface area contributed by atoms with Gasteiger partial charge in [0.05, 0.1) is 5.71 Å². The van der Waals surface area contributed by atoms with Crippen molar-refractivity contribution in [3.8, 4) is 0 Å². The Hall–Kier alpha value is -1.33. The first-order valence-electron chi connectivity index (χ1n) is 6.06. The number of amides is 1. The summed E-state index contributed by atoms with van der Waals surface area (Å²) in [6.45, 7) is 8.87. The van der Waals surface area contributed by atoms with Crippen molar-refractivity contribution in [2.45, 2.75) is 39.4 Å². The van der Waals surface area contributed by atoms with Crippen LogP contribution in [-0.4, -0.2) is 20.9 Å². The van der Waals surface area contributed by atoms with Crippen LogP contribution in [0.3, 0.4) is 0 Å². The minimum absolute atomic E-state index is 0.141. The highest BCUT2D eigenvalue weighted by Gasteiger charge is 2.27. The smallest absolute Gasteiger partial charge is 0.221 e. The second-order valence-electron chi connectivity index (χ2n) is 5.26. The average molecular weight is 280 g/mol. The number of para-hydroxylation sites is 1. The highest BCUT2D eigenvalue weighted by Crippen LogP contribution is 2.21. The van der Waals surface area contributed by atoms with Crippen molar-refractivity contribution < 1.29 is 9.35 Å². The maximum Gasteiger partial charge on any atom is 0.221 e. The third-order valence-electron chi connectivity index (χ3n) is 2.37. The van der Waals surface area contributed by atoms with E-state index in [9.17, 15) is 9.35 Å². The second kappa shape index (κ2) is 6.21. The van der Waals surface area contributed by atoms with Gasteiger partial charge in [-0.2, -0.15) is 0 Å². The first-order valence-corrected chi connectivity index (χ1v) is 7.17. The summed E-state index contributed by atoms with van der Waals surface area (Å²) in [7, 11) is 0. The van der Waals surface area contributed by atoms with Gasteiger partial charge in [0.1, 0.15) is 16.1 Å². The molecule has 1 aromatic rings. The number of hydrogen-bond donors (Lipinski definition) is 1. The number of benzene rings is 1. The lowest BCUT2D eigenvalue weighted by Gasteiger charge is -2.19. The number of hydrogen-bond acceptors (Lipinski definition) is 3. The highest BCUT2D eigenvalue weighted by atomic mass is 32.2. The van der Waals surface area contributed by atoms with Crippen molar-refractivity contribution in [3.05, 3.63) is 29.8 Å². The molecule has 19 heavy (non-hydrogen) atoms. The van der Waals surface area contributed by atoms with E-state index in [0.29, 0.717) is 11.4 Å². The molecule has 5 heteroatoms. The molecule has 4 nitrogen and oxygen atoms in total. The highest BCUT2D eigenvalue weighted by molar-refractivity contribution is 7.91. The average Bonchev–Trinajstić information content (AvgIpc) is 2.27. The fraction of sp³-hybridized carbons (Fsp3) is 0.429. The van der Waals surface area contributed by atoms with E-state index in [0.717, 1.165) is 5.56 Å². The van der Waals surface area contributed by atoms with Crippen molar-refractivity contribution in [1.82, 2.24) is 0 Å². The van der Waals surface area contributed by atoms with E-state index in [2.05, 4.69) is 9.71 Å². The van der Waals surface area contributed by atoms with Crippen molar-refractivity contribution in [1.29, 1.82) is 0 Å². The molecule has 0 aliphatic heterocycles. The molecule has 0 spiro atoms. The summed E-state index contributed by atoms with van der Waals surface area (Å²) in [4.78, 5) is 11.2. The Balaban J connectivity index is 3.09. The quantitative estimate of drug-likeness (QED) is 0.683. The van der Waals surface area contributed by atoms with E-state index in [1.807, 2.05) is 39.0 Å².